The van der Waals surface area contributed by atoms with Crippen LogP contribution >= 0.6 is 0 Å². The zero-order chi connectivity index (χ0) is 14.0. The highest BCUT2D eigenvalue weighted by Gasteiger charge is 2.31. The van der Waals surface area contributed by atoms with Crippen LogP contribution in [0.3, 0.4) is 0 Å². The van der Waals surface area contributed by atoms with Crippen LogP contribution in [0.5, 0.6) is 0 Å². The molecule has 19 heavy (non-hydrogen) atoms. The number of carbonyl (C=O) groups excluding carboxylic acids is 1. The molecule has 0 aromatic carbocycles. The summed E-state index contributed by atoms with van der Waals surface area (Å²) in [5, 5.41) is -0.160. The first-order chi connectivity index (χ1) is 8.95. The Morgan fingerprint density at radius 2 is 1.84 bits per heavy atom. The van der Waals surface area contributed by atoms with E-state index in [0.29, 0.717) is 38.5 Å². The Bertz CT molecular complexity index is 542. The Labute approximate surface area is 113 Å². The van der Waals surface area contributed by atoms with Gasteiger partial charge < -0.3 is 4.42 Å². The van der Waals surface area contributed by atoms with Crippen LogP contribution in [0.15, 0.2) is 21.6 Å². The van der Waals surface area contributed by atoms with E-state index in [9.17, 15) is 13.2 Å². The Morgan fingerprint density at radius 3 is 2.32 bits per heavy atom. The summed E-state index contributed by atoms with van der Waals surface area (Å²) in [6.45, 7) is 6.48. The number of aldehydes is 1. The summed E-state index contributed by atoms with van der Waals surface area (Å²) >= 11 is 0. The van der Waals surface area contributed by atoms with E-state index in [1.54, 1.807) is 0 Å². The normalized spacial score (nSPS) is 18.9. The number of sulfonamides is 1. The van der Waals surface area contributed by atoms with Gasteiger partial charge in [-0.25, -0.2) is 8.42 Å². The summed E-state index contributed by atoms with van der Waals surface area (Å²) < 4.78 is 31.0. The number of carbonyl (C=O) groups is 1. The number of furan rings is 1. The summed E-state index contributed by atoms with van der Waals surface area (Å²) in [5.41, 5.74) is 0. The number of piperazine rings is 1. The minimum absolute atomic E-state index is 0.0272. The second kappa shape index (κ2) is 5.44. The van der Waals surface area contributed by atoms with Gasteiger partial charge in [0.15, 0.2) is 12.0 Å². The van der Waals surface area contributed by atoms with E-state index in [2.05, 4.69) is 18.7 Å². The Hall–Kier alpha value is -1.18. The molecule has 1 saturated heterocycles. The number of hydrogen-bond acceptors (Lipinski definition) is 5. The van der Waals surface area contributed by atoms with E-state index in [4.69, 9.17) is 4.42 Å². The minimum Gasteiger partial charge on any atom is -0.440 e. The number of hydrogen-bond donors (Lipinski definition) is 0. The standard InChI is InChI=1S/C12H18N2O4S/c1-10(2)13-5-7-14(8-6-13)19(16,17)12-4-3-11(9-15)18-12/h3-4,9-10H,5-8H2,1-2H3. The summed E-state index contributed by atoms with van der Waals surface area (Å²) in [6, 6.07) is 3.10. The van der Waals surface area contributed by atoms with Crippen LogP contribution in [-0.4, -0.2) is 56.1 Å². The van der Waals surface area contributed by atoms with Gasteiger partial charge in [0.2, 0.25) is 5.09 Å². The number of rotatable bonds is 4. The fraction of sp³-hybridized carbons (Fsp3) is 0.583. The van der Waals surface area contributed by atoms with Crippen molar-refractivity contribution >= 4 is 16.3 Å². The molecule has 7 heteroatoms. The molecule has 0 amide bonds. The molecule has 1 aromatic rings. The lowest BCUT2D eigenvalue weighted by Gasteiger charge is -2.35. The highest BCUT2D eigenvalue weighted by Crippen LogP contribution is 2.20. The van der Waals surface area contributed by atoms with E-state index < -0.39 is 10.0 Å². The molecular weight excluding hydrogens is 268 g/mol. The van der Waals surface area contributed by atoms with Gasteiger partial charge in [-0.3, -0.25) is 9.69 Å². The molecule has 106 valence electrons. The molecule has 0 saturated carbocycles. The third kappa shape index (κ3) is 2.88. The Kier molecular flexibility index (Phi) is 4.07. The second-order valence-corrected chi connectivity index (χ2v) is 6.68. The maximum atomic E-state index is 12.3. The van der Waals surface area contributed by atoms with Crippen molar-refractivity contribution in [2.24, 2.45) is 0 Å². The van der Waals surface area contributed by atoms with Gasteiger partial charge in [0, 0.05) is 32.2 Å². The molecule has 6 nitrogen and oxygen atoms in total. The second-order valence-electron chi connectivity index (χ2n) is 4.81. The van der Waals surface area contributed by atoms with Gasteiger partial charge >= 0.3 is 0 Å². The summed E-state index contributed by atoms with van der Waals surface area (Å²) in [6.07, 6.45) is 0.496. The third-order valence-electron chi connectivity index (χ3n) is 3.32. The van der Waals surface area contributed by atoms with Crippen molar-refractivity contribution in [3.05, 3.63) is 17.9 Å². The fourth-order valence-corrected chi connectivity index (χ4v) is 3.46. The van der Waals surface area contributed by atoms with E-state index in [1.165, 1.54) is 16.4 Å². The van der Waals surface area contributed by atoms with Crippen molar-refractivity contribution < 1.29 is 17.6 Å². The first-order valence-electron chi connectivity index (χ1n) is 6.24. The van der Waals surface area contributed by atoms with E-state index in [1.807, 2.05) is 0 Å². The molecule has 1 fully saturated rings. The predicted octanol–water partition coefficient (Wildman–Crippen LogP) is 0.807. The van der Waals surface area contributed by atoms with Crippen LogP contribution in [0.1, 0.15) is 24.4 Å². The summed E-state index contributed by atoms with van der Waals surface area (Å²) in [7, 11) is -3.62. The molecule has 1 aliphatic rings. The van der Waals surface area contributed by atoms with Crippen LogP contribution < -0.4 is 0 Å². The maximum absolute atomic E-state index is 12.3. The van der Waals surface area contributed by atoms with Gasteiger partial charge in [0.1, 0.15) is 0 Å². The van der Waals surface area contributed by atoms with Crippen LogP contribution in [0.4, 0.5) is 0 Å². The first kappa shape index (κ1) is 14.2. The summed E-state index contributed by atoms with van der Waals surface area (Å²) in [4.78, 5) is 12.8. The van der Waals surface area contributed by atoms with Crippen LogP contribution in [0, 0.1) is 0 Å². The van der Waals surface area contributed by atoms with Crippen molar-refractivity contribution in [2.75, 3.05) is 26.2 Å². The lowest BCUT2D eigenvalue weighted by molar-refractivity contribution is 0.109. The largest absolute Gasteiger partial charge is 0.440 e. The molecular formula is C12H18N2O4S. The van der Waals surface area contributed by atoms with Gasteiger partial charge in [0.25, 0.3) is 10.0 Å². The SMILES string of the molecule is CC(C)N1CCN(S(=O)(=O)c2ccc(C=O)o2)CC1. The maximum Gasteiger partial charge on any atom is 0.276 e. The van der Waals surface area contributed by atoms with Gasteiger partial charge in [-0.1, -0.05) is 0 Å². The van der Waals surface area contributed by atoms with Crippen molar-refractivity contribution in [3.8, 4) is 0 Å². The summed E-state index contributed by atoms with van der Waals surface area (Å²) in [5.74, 6) is 0.0272. The first-order valence-corrected chi connectivity index (χ1v) is 7.68. The highest BCUT2D eigenvalue weighted by molar-refractivity contribution is 7.89. The zero-order valence-corrected chi connectivity index (χ0v) is 11.9. The lowest BCUT2D eigenvalue weighted by atomic mass is 10.3. The zero-order valence-electron chi connectivity index (χ0n) is 11.1. The molecule has 0 aliphatic carbocycles. The molecule has 0 radical (unpaired) electrons. The molecule has 1 aliphatic heterocycles. The molecule has 0 unspecified atom stereocenters. The van der Waals surface area contributed by atoms with Crippen LogP contribution in [-0.2, 0) is 10.0 Å². The van der Waals surface area contributed by atoms with Gasteiger partial charge in [-0.2, -0.15) is 4.31 Å². The molecule has 2 heterocycles. The Morgan fingerprint density at radius 1 is 1.21 bits per heavy atom. The van der Waals surface area contributed by atoms with E-state index in [-0.39, 0.29) is 10.9 Å². The molecule has 0 atom stereocenters. The number of nitrogens with zero attached hydrogens (tertiary/aromatic N) is 2. The van der Waals surface area contributed by atoms with Crippen molar-refractivity contribution in [2.45, 2.75) is 25.0 Å². The average molecular weight is 286 g/mol. The lowest BCUT2D eigenvalue weighted by Crippen LogP contribution is -2.50. The smallest absolute Gasteiger partial charge is 0.276 e. The van der Waals surface area contributed by atoms with E-state index >= 15 is 0 Å². The predicted molar refractivity (Wildman–Crippen MR) is 69.6 cm³/mol. The van der Waals surface area contributed by atoms with Crippen LogP contribution in [0.2, 0.25) is 0 Å². The van der Waals surface area contributed by atoms with Crippen molar-refractivity contribution in [1.29, 1.82) is 0 Å². The Balaban J connectivity index is 2.11. The van der Waals surface area contributed by atoms with Gasteiger partial charge in [-0.15, -0.1) is 0 Å². The third-order valence-corrected chi connectivity index (χ3v) is 5.09. The monoisotopic (exact) mass is 286 g/mol. The van der Waals surface area contributed by atoms with Gasteiger partial charge in [-0.05, 0) is 26.0 Å². The molecule has 0 spiro atoms. The average Bonchev–Trinajstić information content (AvgIpc) is 2.88. The van der Waals surface area contributed by atoms with Crippen molar-refractivity contribution in [3.63, 3.8) is 0 Å². The topological polar surface area (TPSA) is 70.8 Å². The molecule has 0 N–H and O–H groups in total. The molecule has 2 rings (SSSR count). The highest BCUT2D eigenvalue weighted by atomic mass is 32.2. The fourth-order valence-electron chi connectivity index (χ4n) is 2.12. The minimum atomic E-state index is -3.62. The van der Waals surface area contributed by atoms with Gasteiger partial charge in [0.05, 0.1) is 0 Å². The molecule has 0 bridgehead atoms. The molecule has 1 aromatic heterocycles. The van der Waals surface area contributed by atoms with Crippen LogP contribution in [0.25, 0.3) is 0 Å². The quantitative estimate of drug-likeness (QED) is 0.766. The van der Waals surface area contributed by atoms with E-state index in [0.717, 1.165) is 0 Å². The van der Waals surface area contributed by atoms with Crippen molar-refractivity contribution in [1.82, 2.24) is 9.21 Å².